The number of hydrogen-bond acceptors (Lipinski definition) is 9. The van der Waals surface area contributed by atoms with E-state index < -0.39 is 16.5 Å². The molecule has 1 unspecified atom stereocenters. The van der Waals surface area contributed by atoms with Gasteiger partial charge in [0.2, 0.25) is 0 Å². The number of nitrogens with one attached hydrogen (secondary N) is 3. The molecule has 1 atom stereocenters. The molecule has 10 heteroatoms. The van der Waals surface area contributed by atoms with E-state index in [1.54, 1.807) is 21.3 Å². The van der Waals surface area contributed by atoms with E-state index >= 15 is 0 Å². The summed E-state index contributed by atoms with van der Waals surface area (Å²) in [4.78, 5) is 0. The van der Waals surface area contributed by atoms with Crippen molar-refractivity contribution in [2.24, 2.45) is 23.1 Å². The van der Waals surface area contributed by atoms with Crippen molar-refractivity contribution in [2.45, 2.75) is 48.0 Å². The summed E-state index contributed by atoms with van der Waals surface area (Å²) in [5.74, 6) is 0.302. The Bertz CT molecular complexity index is 432. The molecule has 0 aliphatic heterocycles. The van der Waals surface area contributed by atoms with Crippen molar-refractivity contribution < 1.29 is 26.4 Å². The second-order valence-electron chi connectivity index (χ2n) is 8.78. The van der Waals surface area contributed by atoms with Gasteiger partial charge >= 0.3 is 194 Å². The summed E-state index contributed by atoms with van der Waals surface area (Å²) in [5, 5.41) is 10.4. The van der Waals surface area contributed by atoms with E-state index in [0.29, 0.717) is 25.6 Å². The summed E-state index contributed by atoms with van der Waals surface area (Å²) in [5.41, 5.74) is 17.1. The van der Waals surface area contributed by atoms with Crippen molar-refractivity contribution in [1.29, 1.82) is 0 Å². The Balaban J connectivity index is 6.31. The van der Waals surface area contributed by atoms with Crippen molar-refractivity contribution >= 4 is 0 Å². The van der Waals surface area contributed by atoms with E-state index in [-0.39, 0.29) is 7.94 Å². The van der Waals surface area contributed by atoms with Crippen LogP contribution in [0, 0.1) is 5.92 Å². The van der Waals surface area contributed by atoms with Gasteiger partial charge in [0, 0.05) is 0 Å². The number of rotatable bonds is 21. The van der Waals surface area contributed by atoms with Gasteiger partial charge in [0.25, 0.3) is 0 Å². The van der Waals surface area contributed by atoms with Crippen molar-refractivity contribution in [3.63, 3.8) is 0 Å². The van der Waals surface area contributed by atoms with Crippen LogP contribution in [0.15, 0.2) is 0 Å². The minimum atomic E-state index is -4.49. The zero-order valence-corrected chi connectivity index (χ0v) is 22.7. The zero-order valence-electron chi connectivity index (χ0n) is 21.1. The van der Waals surface area contributed by atoms with Crippen LogP contribution in [0.4, 0.5) is 0 Å². The van der Waals surface area contributed by atoms with E-state index in [4.69, 9.17) is 27.2 Å². The Labute approximate surface area is 193 Å². The van der Waals surface area contributed by atoms with Gasteiger partial charge in [0.15, 0.2) is 0 Å². The maximum absolute atomic E-state index is 6.52. The van der Waals surface area contributed by atoms with Crippen molar-refractivity contribution in [3.8, 4) is 0 Å². The van der Waals surface area contributed by atoms with E-state index in [2.05, 4.69) is 36.7 Å². The van der Waals surface area contributed by atoms with Gasteiger partial charge in [-0.15, -0.1) is 0 Å². The fraction of sp³-hybridized carbons (Fsp3) is 1.00. The predicted octanol–water partition coefficient (Wildman–Crippen LogP) is 0.799. The average Bonchev–Trinajstić information content (AvgIpc) is 2.78. The number of hydrogen-bond donors (Lipinski definition) is 6. The van der Waals surface area contributed by atoms with Gasteiger partial charge in [-0.05, 0) is 0 Å². The second-order valence-corrected chi connectivity index (χ2v) is 17.3. The molecule has 0 aromatic heterocycles. The number of nitrogens with two attached hydrogens (primary N) is 3. The van der Waals surface area contributed by atoms with Crippen molar-refractivity contribution in [2.75, 3.05) is 80.2 Å². The summed E-state index contributed by atoms with van der Waals surface area (Å²) in [6, 6.07) is 0. The van der Waals surface area contributed by atoms with Crippen molar-refractivity contribution in [1.82, 2.24) is 16.0 Å². The zero-order chi connectivity index (χ0) is 23.8. The quantitative estimate of drug-likeness (QED) is 0.103. The van der Waals surface area contributed by atoms with Gasteiger partial charge in [-0.3, -0.25) is 0 Å². The first kappa shape index (κ1) is 31.4. The molecule has 0 rings (SSSR count). The second kappa shape index (κ2) is 16.1. The molecule has 0 radical (unpaired) electrons. The third-order valence-electron chi connectivity index (χ3n) is 7.21. The van der Waals surface area contributed by atoms with Crippen LogP contribution < -0.4 is 33.2 Å². The fourth-order valence-electron chi connectivity index (χ4n) is 5.55. The van der Waals surface area contributed by atoms with E-state index in [1.807, 2.05) is 0 Å². The molecule has 0 saturated carbocycles. The van der Waals surface area contributed by atoms with Gasteiger partial charge in [0.1, 0.15) is 0 Å². The van der Waals surface area contributed by atoms with Crippen LogP contribution in [0.3, 0.4) is 0 Å². The molecule has 0 aliphatic rings. The molecule has 0 spiro atoms. The SMILES string of the molecule is C[O][Ti]([O]C)([O]C)([CH](C)C)[C](CCNCCN)(CCNCCN)C(C)CCNCCN. The van der Waals surface area contributed by atoms with E-state index in [0.717, 1.165) is 58.5 Å². The monoisotopic (exact) mass is 485 g/mol. The van der Waals surface area contributed by atoms with E-state index in [1.165, 1.54) is 0 Å². The first-order valence-corrected chi connectivity index (χ1v) is 15.5. The Morgan fingerprint density at radius 3 is 1.39 bits per heavy atom. The molecule has 0 aromatic carbocycles. The molecule has 0 saturated heterocycles. The van der Waals surface area contributed by atoms with Gasteiger partial charge in [-0.1, -0.05) is 0 Å². The van der Waals surface area contributed by atoms with Crippen LogP contribution in [-0.2, 0) is 26.4 Å². The van der Waals surface area contributed by atoms with Gasteiger partial charge in [-0.2, -0.15) is 0 Å². The first-order valence-electron chi connectivity index (χ1n) is 11.9. The summed E-state index contributed by atoms with van der Waals surface area (Å²) < 4.78 is 19.4. The molecule has 9 N–H and O–H groups in total. The topological polar surface area (TPSA) is 142 Å². The van der Waals surface area contributed by atoms with Crippen molar-refractivity contribution in [3.05, 3.63) is 0 Å². The summed E-state index contributed by atoms with van der Waals surface area (Å²) in [7, 11) is 5.33. The van der Waals surface area contributed by atoms with Crippen LogP contribution in [-0.4, -0.2) is 80.2 Å². The average molecular weight is 486 g/mol. The summed E-state index contributed by atoms with van der Waals surface area (Å²) >= 11 is -4.49. The molecule has 0 aliphatic carbocycles. The fourth-order valence-corrected chi connectivity index (χ4v) is 15.7. The van der Waals surface area contributed by atoms with Gasteiger partial charge in [0.05, 0.1) is 0 Å². The Morgan fingerprint density at radius 2 is 1.06 bits per heavy atom. The van der Waals surface area contributed by atoms with Crippen LogP contribution in [0.1, 0.15) is 40.0 Å². The van der Waals surface area contributed by atoms with Crippen LogP contribution >= 0.6 is 0 Å². The third kappa shape index (κ3) is 7.17. The molecule has 0 bridgehead atoms. The molecular formula is C21H53N6O3Ti. The van der Waals surface area contributed by atoms with Crippen LogP contribution in [0.5, 0.6) is 0 Å². The minimum absolute atomic E-state index is 0.125. The first-order chi connectivity index (χ1) is 14.8. The molecule has 0 aromatic rings. The predicted molar refractivity (Wildman–Crippen MR) is 128 cm³/mol. The summed E-state index contributed by atoms with van der Waals surface area (Å²) in [6.07, 6.45) is 2.76. The molecule has 9 nitrogen and oxygen atoms in total. The molecule has 189 valence electrons. The molecule has 0 amide bonds. The molecule has 31 heavy (non-hydrogen) atoms. The van der Waals surface area contributed by atoms with E-state index in [9.17, 15) is 0 Å². The molecule has 0 fully saturated rings. The Kier molecular flexibility index (Phi) is 16.2. The van der Waals surface area contributed by atoms with Gasteiger partial charge in [-0.25, -0.2) is 0 Å². The summed E-state index contributed by atoms with van der Waals surface area (Å²) in [6.45, 7) is 13.5. The molecular weight excluding hydrogens is 432 g/mol. The Hall–Kier alpha value is 0.354. The van der Waals surface area contributed by atoms with Crippen LogP contribution in [0.2, 0.25) is 7.94 Å². The Morgan fingerprint density at radius 1 is 0.677 bits per heavy atom. The maximum atomic E-state index is 6.52. The normalized spacial score (nSPS) is 15.2. The molecule has 0 heterocycles. The third-order valence-corrected chi connectivity index (χ3v) is 18.3. The standard InChI is InChI=1S/C15H37N6.C3H7.3CH3O.Ti/c1-14(2-8-19-11-5-16)15(3-9-20-12-6-17)4-10-21-13-7-18;1-3-2;3*1-2;/h14,19-21H,2-13,16-18H2,1H3;3H,1-2H3;3*1H3;/q;;3*-1;+3. The van der Waals surface area contributed by atoms with Crippen LogP contribution in [0.25, 0.3) is 0 Å². The van der Waals surface area contributed by atoms with Gasteiger partial charge < -0.3 is 0 Å².